The molecule has 2 fully saturated rings. The number of aromatic nitrogens is 3. The molecule has 14 heteroatoms. The van der Waals surface area contributed by atoms with Crippen molar-refractivity contribution in [2.75, 3.05) is 34.4 Å². The van der Waals surface area contributed by atoms with Crippen LogP contribution in [0.2, 0.25) is 0 Å². The van der Waals surface area contributed by atoms with Gasteiger partial charge in [-0.15, -0.1) is 0 Å². The number of ether oxygens (including phenoxy) is 3. The van der Waals surface area contributed by atoms with Gasteiger partial charge in [-0.1, -0.05) is 62.4 Å². The minimum absolute atomic E-state index is 0.0652. The number of nitrogens with zero attached hydrogens (tertiary/aromatic N) is 3. The fourth-order valence-electron chi connectivity index (χ4n) is 8.86. The number of hydrogen-bond acceptors (Lipinski definition) is 8. The van der Waals surface area contributed by atoms with Crippen molar-refractivity contribution < 1.29 is 33.4 Å². The first-order chi connectivity index (χ1) is 28.0. The Kier molecular flexibility index (Phi) is 12.2. The molecule has 58 heavy (non-hydrogen) atoms. The quantitative estimate of drug-likeness (QED) is 0.123. The normalized spacial score (nSPS) is 19.2. The van der Waals surface area contributed by atoms with E-state index < -0.39 is 30.4 Å². The molecule has 308 valence electrons. The van der Waals surface area contributed by atoms with E-state index in [1.165, 1.54) is 32.5 Å². The van der Waals surface area contributed by atoms with Crippen LogP contribution in [0.15, 0.2) is 54.7 Å². The molecule has 0 spiro atoms. The van der Waals surface area contributed by atoms with Crippen molar-refractivity contribution in [2.24, 2.45) is 5.92 Å². The van der Waals surface area contributed by atoms with E-state index in [1.807, 2.05) is 18.7 Å². The van der Waals surface area contributed by atoms with Gasteiger partial charge in [0.1, 0.15) is 17.9 Å². The topological polar surface area (TPSA) is 171 Å². The number of fused-ring (bicyclic) bond motifs is 1. The smallest absolute Gasteiger partial charge is 0.407 e. The molecule has 7 rings (SSSR count). The summed E-state index contributed by atoms with van der Waals surface area (Å²) in [5.74, 6) is 0.305. The van der Waals surface area contributed by atoms with Crippen molar-refractivity contribution in [3.63, 3.8) is 0 Å². The van der Waals surface area contributed by atoms with Gasteiger partial charge in [-0.05, 0) is 91.2 Å². The second-order valence-electron chi connectivity index (χ2n) is 15.9. The number of carbonyl (C=O) groups is 4. The van der Waals surface area contributed by atoms with E-state index in [0.717, 1.165) is 84.3 Å². The van der Waals surface area contributed by atoms with Crippen LogP contribution in [0, 0.1) is 5.92 Å². The molecule has 0 bridgehead atoms. The largest absolute Gasteiger partial charge is 0.453 e. The lowest BCUT2D eigenvalue weighted by Gasteiger charge is -2.31. The lowest BCUT2D eigenvalue weighted by molar-refractivity contribution is -0.137. The number of rotatable bonds is 12. The highest BCUT2D eigenvalue weighted by molar-refractivity contribution is 5.87. The second kappa shape index (κ2) is 17.5. The Hall–Kier alpha value is -5.63. The maximum atomic E-state index is 13.9. The van der Waals surface area contributed by atoms with Crippen molar-refractivity contribution in [3.8, 4) is 33.6 Å². The standard InChI is InChI=1S/C44H55N7O7/c1-25(2)36(48-43(54)57-5)41(52)50-22-8-12-34(50)39-32-11-7-10-31(32)38(47-39)30-20-16-28(17-21-30)27-14-18-29(19-15-27)33-24-45-40(46-33)35-13-9-23-51(35)42(53)37(26(3)56-4)49-44(55)58-6/h14-21,24-26,34-37,47H,7-13,22-23H2,1-6H3,(H,45,46)(H,48,54)(H,49,55)/t26-,34+,35+,36?,37+/m1/s1. The summed E-state index contributed by atoms with van der Waals surface area (Å²) in [6.45, 7) is 6.82. The Balaban J connectivity index is 1.05. The highest BCUT2D eigenvalue weighted by Gasteiger charge is 2.40. The van der Waals surface area contributed by atoms with Gasteiger partial charge in [0.2, 0.25) is 11.8 Å². The van der Waals surface area contributed by atoms with Gasteiger partial charge in [0.15, 0.2) is 0 Å². The SMILES string of the molecule is COC(=O)NC(C(=O)N1CCC[C@H]1c1[nH]c(-c2ccc(-c3ccc(-c4cnc([C@@H]5CCCN5C(=O)[C@@H](NC(=O)OC)[C@@H](C)OC)[nH]4)cc3)cc2)c2c1CCC2)C(C)C. The summed E-state index contributed by atoms with van der Waals surface area (Å²) in [5, 5.41) is 5.39. The van der Waals surface area contributed by atoms with Crippen LogP contribution in [-0.2, 0) is 36.6 Å². The van der Waals surface area contributed by atoms with Gasteiger partial charge in [0, 0.05) is 31.6 Å². The first-order valence-electron chi connectivity index (χ1n) is 20.3. The Bertz CT molecular complexity index is 2110. The average Bonchev–Trinajstić information content (AvgIpc) is 4.10. The summed E-state index contributed by atoms with van der Waals surface area (Å²) in [7, 11) is 4.08. The zero-order chi connectivity index (χ0) is 41.1. The predicted molar refractivity (Wildman–Crippen MR) is 219 cm³/mol. The number of H-pyrrole nitrogens is 2. The maximum Gasteiger partial charge on any atom is 0.407 e. The Labute approximate surface area is 339 Å². The minimum Gasteiger partial charge on any atom is -0.453 e. The first-order valence-corrected chi connectivity index (χ1v) is 20.3. The highest BCUT2D eigenvalue weighted by Crippen LogP contribution is 2.42. The maximum absolute atomic E-state index is 13.9. The molecule has 5 atom stereocenters. The van der Waals surface area contributed by atoms with Crippen molar-refractivity contribution >= 4 is 24.0 Å². The van der Waals surface area contributed by atoms with Gasteiger partial charge in [-0.25, -0.2) is 14.6 Å². The summed E-state index contributed by atoms with van der Waals surface area (Å²) >= 11 is 0. The van der Waals surface area contributed by atoms with Crippen LogP contribution in [0.5, 0.6) is 0 Å². The van der Waals surface area contributed by atoms with Crippen LogP contribution in [-0.4, -0.2) is 101 Å². The minimum atomic E-state index is -0.891. The molecule has 3 aliphatic rings. The molecular formula is C44H55N7O7. The monoisotopic (exact) mass is 793 g/mol. The fraction of sp³-hybridized carbons (Fsp3) is 0.477. The zero-order valence-electron chi connectivity index (χ0n) is 34.2. The molecule has 0 radical (unpaired) electrons. The molecule has 4 amide bonds. The average molecular weight is 794 g/mol. The third kappa shape index (κ3) is 8.07. The molecule has 4 heterocycles. The van der Waals surface area contributed by atoms with E-state index in [1.54, 1.807) is 18.0 Å². The van der Waals surface area contributed by atoms with E-state index in [4.69, 9.17) is 14.2 Å². The number of benzene rings is 2. The van der Waals surface area contributed by atoms with E-state index in [9.17, 15) is 19.2 Å². The second-order valence-corrected chi connectivity index (χ2v) is 15.9. The third-order valence-corrected chi connectivity index (χ3v) is 12.1. The first kappa shape index (κ1) is 40.6. The van der Waals surface area contributed by atoms with E-state index in [-0.39, 0.29) is 29.8 Å². The number of imidazole rings is 1. The van der Waals surface area contributed by atoms with Crippen LogP contribution in [0.4, 0.5) is 9.59 Å². The summed E-state index contributed by atoms with van der Waals surface area (Å²) in [6.07, 6.45) is 6.37. The fourth-order valence-corrected chi connectivity index (χ4v) is 8.86. The molecule has 4 N–H and O–H groups in total. The number of likely N-dealkylation sites (tertiary alicyclic amines) is 2. The molecule has 1 aliphatic carbocycles. The number of hydrogen-bond donors (Lipinski definition) is 4. The molecule has 1 unspecified atom stereocenters. The number of nitrogens with one attached hydrogen (secondary N) is 4. The molecule has 2 aromatic carbocycles. The van der Waals surface area contributed by atoms with Gasteiger partial charge in [-0.2, -0.15) is 0 Å². The lowest BCUT2D eigenvalue weighted by atomic mass is 9.99. The molecule has 14 nitrogen and oxygen atoms in total. The summed E-state index contributed by atoms with van der Waals surface area (Å²) in [4.78, 5) is 67.3. The van der Waals surface area contributed by atoms with Gasteiger partial charge >= 0.3 is 12.2 Å². The number of alkyl carbamates (subject to hydrolysis) is 2. The molecule has 4 aromatic rings. The molecule has 2 aromatic heterocycles. The zero-order valence-corrected chi connectivity index (χ0v) is 34.2. The highest BCUT2D eigenvalue weighted by atomic mass is 16.5. The van der Waals surface area contributed by atoms with Gasteiger partial charge < -0.3 is 44.6 Å². The summed E-state index contributed by atoms with van der Waals surface area (Å²) in [5.41, 5.74) is 10.0. The predicted octanol–water partition coefficient (Wildman–Crippen LogP) is 6.69. The van der Waals surface area contributed by atoms with Crippen LogP contribution in [0.3, 0.4) is 0 Å². The Morgan fingerprint density at radius 3 is 1.83 bits per heavy atom. The molecular weight excluding hydrogens is 739 g/mol. The molecule has 2 saturated heterocycles. The number of amides is 4. The Morgan fingerprint density at radius 1 is 0.690 bits per heavy atom. The van der Waals surface area contributed by atoms with E-state index in [2.05, 4.69) is 74.1 Å². The van der Waals surface area contributed by atoms with Gasteiger partial charge in [0.25, 0.3) is 0 Å². The number of methoxy groups -OCH3 is 3. The molecule has 0 saturated carbocycles. The van der Waals surface area contributed by atoms with Crippen molar-refractivity contribution in [1.82, 2.24) is 35.4 Å². The van der Waals surface area contributed by atoms with Crippen molar-refractivity contribution in [1.29, 1.82) is 0 Å². The van der Waals surface area contributed by atoms with Crippen molar-refractivity contribution in [2.45, 2.75) is 96.0 Å². The van der Waals surface area contributed by atoms with Crippen LogP contribution in [0.1, 0.15) is 87.6 Å². The molecule has 2 aliphatic heterocycles. The van der Waals surface area contributed by atoms with Crippen LogP contribution in [0.25, 0.3) is 33.6 Å². The number of carbonyl (C=O) groups excluding carboxylic acids is 4. The van der Waals surface area contributed by atoms with E-state index >= 15 is 0 Å². The number of aromatic amines is 2. The van der Waals surface area contributed by atoms with Crippen molar-refractivity contribution in [3.05, 3.63) is 77.4 Å². The van der Waals surface area contributed by atoms with Gasteiger partial charge in [0.05, 0.1) is 44.3 Å². The van der Waals surface area contributed by atoms with Crippen LogP contribution >= 0.6 is 0 Å². The summed E-state index contributed by atoms with van der Waals surface area (Å²) in [6, 6.07) is 15.1. The summed E-state index contributed by atoms with van der Waals surface area (Å²) < 4.78 is 15.0. The van der Waals surface area contributed by atoms with Gasteiger partial charge in [-0.3, -0.25) is 9.59 Å². The third-order valence-electron chi connectivity index (χ3n) is 12.1. The lowest BCUT2D eigenvalue weighted by Crippen LogP contribution is -2.54. The Morgan fingerprint density at radius 2 is 1.22 bits per heavy atom. The van der Waals surface area contributed by atoms with E-state index in [0.29, 0.717) is 18.9 Å². The van der Waals surface area contributed by atoms with Crippen LogP contribution < -0.4 is 10.6 Å².